The van der Waals surface area contributed by atoms with Crippen LogP contribution in [0.5, 0.6) is 0 Å². The molecule has 0 heterocycles. The molecule has 0 radical (unpaired) electrons. The Balaban J connectivity index is 0.000001000. The van der Waals surface area contributed by atoms with E-state index in [-0.39, 0.29) is 6.15 Å². The van der Waals surface area contributed by atoms with Gasteiger partial charge in [-0.1, -0.05) is 6.42 Å². The zero-order valence-electron chi connectivity index (χ0n) is 6.55. The molecule has 5 N–H and O–H groups in total. The van der Waals surface area contributed by atoms with Crippen molar-refractivity contribution in [2.45, 2.75) is 37.8 Å². The molecule has 0 amide bonds. The van der Waals surface area contributed by atoms with Crippen LogP contribution in [0.2, 0.25) is 0 Å². The third-order valence-electron chi connectivity index (χ3n) is 2.06. The van der Waals surface area contributed by atoms with Gasteiger partial charge in [-0.25, -0.2) is 0 Å². The lowest BCUT2D eigenvalue weighted by Crippen LogP contribution is -2.42. The Labute approximate surface area is 65.7 Å². The molecule has 0 saturated heterocycles. The fourth-order valence-corrected chi connectivity index (χ4v) is 1.36. The molecule has 0 unspecified atom stereocenters. The average molecular weight is 161 g/mol. The third kappa shape index (κ3) is 2.21. The minimum absolute atomic E-state index is 0. The molecule has 66 valence electrons. The van der Waals surface area contributed by atoms with Gasteiger partial charge in [0.15, 0.2) is 5.66 Å². The summed E-state index contributed by atoms with van der Waals surface area (Å²) in [4.78, 5) is 10.2. The van der Waals surface area contributed by atoms with Gasteiger partial charge in [-0.15, -0.1) is 4.91 Å². The Morgan fingerprint density at radius 3 is 2.09 bits per heavy atom. The molecule has 0 atom stereocenters. The summed E-state index contributed by atoms with van der Waals surface area (Å²) in [7, 11) is 0. The van der Waals surface area contributed by atoms with Crippen molar-refractivity contribution in [1.82, 2.24) is 11.6 Å². The van der Waals surface area contributed by atoms with Gasteiger partial charge in [0.1, 0.15) is 0 Å². The monoisotopic (exact) mass is 161 g/mol. The molecule has 5 heteroatoms. The summed E-state index contributed by atoms with van der Waals surface area (Å²) in [6.07, 6.45) is 4.40. The molecule has 1 rings (SSSR count). The van der Waals surface area contributed by atoms with Gasteiger partial charge >= 0.3 is 0 Å². The number of hydrogen-bond donors (Lipinski definition) is 3. The first-order valence-electron chi connectivity index (χ1n) is 3.59. The van der Waals surface area contributed by atoms with Gasteiger partial charge in [0, 0.05) is 0 Å². The van der Waals surface area contributed by atoms with Crippen molar-refractivity contribution in [2.75, 3.05) is 0 Å². The lowest BCUT2D eigenvalue weighted by atomic mass is 9.90. The quantitative estimate of drug-likeness (QED) is 0.423. The van der Waals surface area contributed by atoms with Gasteiger partial charge in [-0.3, -0.25) is 0 Å². The summed E-state index contributed by atoms with van der Waals surface area (Å²) in [6, 6.07) is 0. The van der Waals surface area contributed by atoms with Crippen LogP contribution < -0.4 is 11.6 Å². The van der Waals surface area contributed by atoms with Crippen molar-refractivity contribution >= 4 is 0 Å². The van der Waals surface area contributed by atoms with Crippen LogP contribution in [0.25, 0.3) is 0 Å². The second kappa shape index (κ2) is 4.38. The van der Waals surface area contributed by atoms with Crippen LogP contribution in [0.4, 0.5) is 0 Å². The summed E-state index contributed by atoms with van der Waals surface area (Å²) < 4.78 is 0. The highest BCUT2D eigenvalue weighted by Crippen LogP contribution is 2.28. The normalized spacial score (nSPS) is 21.9. The Kier molecular flexibility index (Phi) is 4.17. The maximum Gasteiger partial charge on any atom is 0.174 e. The van der Waals surface area contributed by atoms with E-state index in [0.717, 1.165) is 19.3 Å². The van der Waals surface area contributed by atoms with Crippen LogP contribution in [-0.2, 0) is 0 Å². The Morgan fingerprint density at radius 1 is 1.27 bits per heavy atom. The molecule has 1 aliphatic rings. The molecule has 0 aliphatic heterocycles. The molecular weight excluding hydrogens is 146 g/mol. The fraction of sp³-hybridized carbons (Fsp3) is 1.00. The smallest absolute Gasteiger partial charge is 0.174 e. The van der Waals surface area contributed by atoms with E-state index in [0.29, 0.717) is 12.8 Å². The summed E-state index contributed by atoms with van der Waals surface area (Å²) in [6.45, 7) is 0. The lowest BCUT2D eigenvalue weighted by molar-refractivity contribution is 0.0409. The van der Waals surface area contributed by atoms with E-state index in [1.807, 2.05) is 5.48 Å². The lowest BCUT2D eigenvalue weighted by Gasteiger charge is -2.28. The third-order valence-corrected chi connectivity index (χ3v) is 2.06. The van der Waals surface area contributed by atoms with Crippen LogP contribution in [-0.4, -0.2) is 10.9 Å². The van der Waals surface area contributed by atoms with Crippen molar-refractivity contribution in [1.29, 1.82) is 0 Å². The van der Waals surface area contributed by atoms with E-state index in [9.17, 15) is 4.91 Å². The minimum atomic E-state index is -0.863. The highest BCUT2D eigenvalue weighted by Gasteiger charge is 2.32. The van der Waals surface area contributed by atoms with Gasteiger partial charge in [0.25, 0.3) is 0 Å². The van der Waals surface area contributed by atoms with Crippen LogP contribution in [0.3, 0.4) is 0 Å². The molecule has 1 aliphatic carbocycles. The molecular formula is C6H15N3O2. The number of nitrogens with one attached hydrogen (secondary N) is 1. The van der Waals surface area contributed by atoms with Gasteiger partial charge in [0.2, 0.25) is 0 Å². The Hall–Kier alpha value is -0.520. The zero-order chi connectivity index (χ0) is 7.45. The molecule has 0 aromatic heterocycles. The zero-order valence-corrected chi connectivity index (χ0v) is 6.55. The van der Waals surface area contributed by atoms with E-state index >= 15 is 0 Å². The number of hydrogen-bond acceptors (Lipinski definition) is 5. The average Bonchev–Trinajstić information content (AvgIpc) is 2.06. The van der Waals surface area contributed by atoms with E-state index < -0.39 is 5.66 Å². The molecule has 0 spiro atoms. The van der Waals surface area contributed by atoms with Crippen LogP contribution in [0.1, 0.15) is 32.1 Å². The van der Waals surface area contributed by atoms with Gasteiger partial charge in [-0.05, 0) is 30.9 Å². The van der Waals surface area contributed by atoms with E-state index in [2.05, 4.69) is 5.18 Å². The van der Waals surface area contributed by atoms with Crippen molar-refractivity contribution in [3.05, 3.63) is 4.91 Å². The maximum absolute atomic E-state index is 10.2. The SMILES string of the molecule is N.O=NC1(NO)CCCCC1. The van der Waals surface area contributed by atoms with Gasteiger partial charge in [0.05, 0.1) is 0 Å². The van der Waals surface area contributed by atoms with E-state index in [4.69, 9.17) is 5.21 Å². The van der Waals surface area contributed by atoms with Gasteiger partial charge in [-0.2, -0.15) is 5.48 Å². The van der Waals surface area contributed by atoms with Crippen molar-refractivity contribution in [3.8, 4) is 0 Å². The highest BCUT2D eigenvalue weighted by atomic mass is 16.5. The van der Waals surface area contributed by atoms with Gasteiger partial charge < -0.3 is 11.4 Å². The molecule has 0 aromatic carbocycles. The predicted molar refractivity (Wildman–Crippen MR) is 41.6 cm³/mol. The summed E-state index contributed by atoms with van der Waals surface area (Å²) >= 11 is 0. The standard InChI is InChI=1S/C6H12N2O2.H3N/c9-7-6(8-10)4-2-1-3-5-6;/h7,9H,1-5H2;1H3. The molecule has 0 aromatic rings. The maximum atomic E-state index is 10.2. The first-order valence-corrected chi connectivity index (χ1v) is 3.59. The number of hydroxylamine groups is 1. The van der Waals surface area contributed by atoms with Crippen molar-refractivity contribution < 1.29 is 5.21 Å². The van der Waals surface area contributed by atoms with Crippen LogP contribution in [0.15, 0.2) is 5.18 Å². The van der Waals surface area contributed by atoms with Crippen LogP contribution >= 0.6 is 0 Å². The number of rotatable bonds is 2. The predicted octanol–water partition coefficient (Wildman–Crippen LogP) is 1.55. The van der Waals surface area contributed by atoms with Crippen molar-refractivity contribution in [3.63, 3.8) is 0 Å². The molecule has 1 saturated carbocycles. The Morgan fingerprint density at radius 2 is 1.82 bits per heavy atom. The van der Waals surface area contributed by atoms with Crippen molar-refractivity contribution in [2.24, 2.45) is 5.18 Å². The molecule has 1 fully saturated rings. The first kappa shape index (κ1) is 10.5. The molecule has 0 bridgehead atoms. The molecule has 5 nitrogen and oxygen atoms in total. The first-order chi connectivity index (χ1) is 4.83. The second-order valence-corrected chi connectivity index (χ2v) is 2.80. The summed E-state index contributed by atoms with van der Waals surface area (Å²) in [5.41, 5.74) is 1.13. The summed E-state index contributed by atoms with van der Waals surface area (Å²) in [5.74, 6) is 0. The molecule has 11 heavy (non-hydrogen) atoms. The second-order valence-electron chi connectivity index (χ2n) is 2.80. The fourth-order valence-electron chi connectivity index (χ4n) is 1.36. The van der Waals surface area contributed by atoms with E-state index in [1.54, 1.807) is 0 Å². The number of nitroso groups, excluding NO2 is 1. The number of nitrogens with zero attached hydrogens (tertiary/aromatic N) is 1. The highest BCUT2D eigenvalue weighted by molar-refractivity contribution is 4.84. The minimum Gasteiger partial charge on any atom is -0.344 e. The van der Waals surface area contributed by atoms with Crippen LogP contribution in [0, 0.1) is 4.91 Å². The largest absolute Gasteiger partial charge is 0.344 e. The Bertz CT molecular complexity index is 123. The topological polar surface area (TPSA) is 96.7 Å². The summed E-state index contributed by atoms with van der Waals surface area (Å²) in [5, 5.41) is 11.5. The van der Waals surface area contributed by atoms with E-state index in [1.165, 1.54) is 0 Å².